The van der Waals surface area contributed by atoms with E-state index in [-0.39, 0.29) is 11.9 Å². The minimum Gasteiger partial charge on any atom is -0.449 e. The summed E-state index contributed by atoms with van der Waals surface area (Å²) in [4.78, 5) is 24.4. The number of fused-ring (bicyclic) bond motifs is 1. The summed E-state index contributed by atoms with van der Waals surface area (Å²) in [6.07, 6.45) is 5.15. The lowest BCUT2D eigenvalue weighted by atomic mass is 9.87. The lowest BCUT2D eigenvalue weighted by Gasteiger charge is -2.27. The fraction of sp³-hybridized carbons (Fsp3) is 0.273. The number of ether oxygens (including phenoxy) is 1. The summed E-state index contributed by atoms with van der Waals surface area (Å²) in [5.74, 6) is -0.797. The van der Waals surface area contributed by atoms with Gasteiger partial charge in [0.05, 0.1) is 6.04 Å². The minimum absolute atomic E-state index is 0.0199. The second-order valence-corrected chi connectivity index (χ2v) is 6.48. The molecule has 0 aromatic heterocycles. The van der Waals surface area contributed by atoms with Gasteiger partial charge < -0.3 is 10.1 Å². The molecule has 0 aliphatic heterocycles. The Bertz CT molecular complexity index is 798. The van der Waals surface area contributed by atoms with Gasteiger partial charge in [-0.05, 0) is 49.0 Å². The predicted molar refractivity (Wildman–Crippen MR) is 101 cm³/mol. The Morgan fingerprint density at radius 3 is 2.65 bits per heavy atom. The van der Waals surface area contributed by atoms with Crippen molar-refractivity contribution in [2.45, 2.75) is 38.3 Å². The molecule has 3 rings (SSSR count). The van der Waals surface area contributed by atoms with E-state index in [1.165, 1.54) is 11.6 Å². The summed E-state index contributed by atoms with van der Waals surface area (Å²) < 4.78 is 5.23. The van der Waals surface area contributed by atoms with Crippen LogP contribution in [0.15, 0.2) is 60.7 Å². The van der Waals surface area contributed by atoms with E-state index in [2.05, 4.69) is 17.4 Å². The highest BCUT2D eigenvalue weighted by molar-refractivity contribution is 5.90. The van der Waals surface area contributed by atoms with Crippen LogP contribution in [0.3, 0.4) is 0 Å². The fourth-order valence-corrected chi connectivity index (χ4v) is 3.19. The maximum atomic E-state index is 12.4. The van der Waals surface area contributed by atoms with Crippen molar-refractivity contribution < 1.29 is 14.3 Å². The summed E-state index contributed by atoms with van der Waals surface area (Å²) in [7, 11) is 0. The van der Waals surface area contributed by atoms with Crippen molar-refractivity contribution in [3.63, 3.8) is 0 Å². The third-order valence-electron chi connectivity index (χ3n) is 4.56. The van der Waals surface area contributed by atoms with E-state index in [4.69, 9.17) is 4.74 Å². The number of rotatable bonds is 5. The molecule has 2 unspecified atom stereocenters. The maximum Gasteiger partial charge on any atom is 0.331 e. The first-order valence-electron chi connectivity index (χ1n) is 8.95. The second kappa shape index (κ2) is 8.48. The highest BCUT2D eigenvalue weighted by Gasteiger charge is 2.24. The molecule has 1 N–H and O–H groups in total. The molecule has 0 spiro atoms. The van der Waals surface area contributed by atoms with Crippen LogP contribution in [0, 0.1) is 0 Å². The average molecular weight is 349 g/mol. The number of carbonyl (C=O) groups excluding carboxylic acids is 2. The molecule has 1 amide bonds. The Balaban J connectivity index is 1.55. The second-order valence-electron chi connectivity index (χ2n) is 6.48. The summed E-state index contributed by atoms with van der Waals surface area (Å²) in [5.41, 5.74) is 3.34. The molecule has 2 atom stereocenters. The van der Waals surface area contributed by atoms with E-state index in [0.717, 1.165) is 30.4 Å². The van der Waals surface area contributed by atoms with Crippen LogP contribution in [0.5, 0.6) is 0 Å². The van der Waals surface area contributed by atoms with Gasteiger partial charge in [-0.2, -0.15) is 0 Å². The van der Waals surface area contributed by atoms with E-state index in [1.807, 2.05) is 42.5 Å². The minimum atomic E-state index is -0.836. The van der Waals surface area contributed by atoms with Gasteiger partial charge in [0.1, 0.15) is 0 Å². The van der Waals surface area contributed by atoms with Crippen molar-refractivity contribution >= 4 is 18.0 Å². The van der Waals surface area contributed by atoms with Crippen LogP contribution in [0.2, 0.25) is 0 Å². The van der Waals surface area contributed by atoms with Crippen LogP contribution in [0.4, 0.5) is 0 Å². The zero-order valence-electron chi connectivity index (χ0n) is 14.9. The number of benzene rings is 2. The molecule has 134 valence electrons. The largest absolute Gasteiger partial charge is 0.449 e. The Hall–Kier alpha value is -2.88. The normalized spacial score (nSPS) is 17.3. The molecule has 0 heterocycles. The molecule has 0 saturated heterocycles. The van der Waals surface area contributed by atoms with Crippen molar-refractivity contribution in [1.82, 2.24) is 5.32 Å². The molecule has 0 bridgehead atoms. The predicted octanol–water partition coefficient (Wildman–Crippen LogP) is 3.83. The molecule has 0 radical (unpaired) electrons. The Morgan fingerprint density at radius 2 is 1.85 bits per heavy atom. The SMILES string of the molecule is CC(OC(=O)C=Cc1ccccc1)C(=O)NC1CCCc2ccccc21. The van der Waals surface area contributed by atoms with Crippen LogP contribution in [0.1, 0.15) is 42.5 Å². The van der Waals surface area contributed by atoms with Crippen molar-refractivity contribution in [3.8, 4) is 0 Å². The van der Waals surface area contributed by atoms with Crippen LogP contribution in [-0.2, 0) is 20.7 Å². The summed E-state index contributed by atoms with van der Waals surface area (Å²) in [5, 5.41) is 3.01. The third-order valence-corrected chi connectivity index (χ3v) is 4.56. The molecular weight excluding hydrogens is 326 g/mol. The van der Waals surface area contributed by atoms with Gasteiger partial charge in [-0.15, -0.1) is 0 Å². The van der Waals surface area contributed by atoms with E-state index < -0.39 is 12.1 Å². The van der Waals surface area contributed by atoms with E-state index >= 15 is 0 Å². The number of nitrogens with one attached hydrogen (secondary N) is 1. The monoisotopic (exact) mass is 349 g/mol. The Kier molecular flexibility index (Phi) is 5.84. The standard InChI is InChI=1S/C22H23NO3/c1-16(26-21(24)15-14-17-8-3-2-4-9-17)22(25)23-20-13-7-11-18-10-5-6-12-19(18)20/h2-6,8-10,12,14-16,20H,7,11,13H2,1H3,(H,23,25). The number of hydrogen-bond acceptors (Lipinski definition) is 3. The highest BCUT2D eigenvalue weighted by Crippen LogP contribution is 2.29. The molecule has 26 heavy (non-hydrogen) atoms. The van der Waals surface area contributed by atoms with Crippen molar-refractivity contribution in [2.24, 2.45) is 0 Å². The number of amides is 1. The van der Waals surface area contributed by atoms with Crippen molar-refractivity contribution in [3.05, 3.63) is 77.4 Å². The first-order chi connectivity index (χ1) is 12.6. The van der Waals surface area contributed by atoms with Gasteiger partial charge in [0.2, 0.25) is 0 Å². The van der Waals surface area contributed by atoms with Crippen molar-refractivity contribution in [2.75, 3.05) is 0 Å². The molecule has 4 heteroatoms. The highest BCUT2D eigenvalue weighted by atomic mass is 16.5. The molecule has 0 saturated carbocycles. The van der Waals surface area contributed by atoms with Crippen LogP contribution in [0.25, 0.3) is 6.08 Å². The first-order valence-corrected chi connectivity index (χ1v) is 8.95. The molecule has 2 aromatic carbocycles. The van der Waals surface area contributed by atoms with Gasteiger partial charge >= 0.3 is 5.97 Å². The van der Waals surface area contributed by atoms with Crippen molar-refractivity contribution in [1.29, 1.82) is 0 Å². The van der Waals surface area contributed by atoms with Gasteiger partial charge in [0.15, 0.2) is 6.10 Å². The third kappa shape index (κ3) is 4.60. The van der Waals surface area contributed by atoms with Gasteiger partial charge in [0.25, 0.3) is 5.91 Å². The Morgan fingerprint density at radius 1 is 1.12 bits per heavy atom. The summed E-state index contributed by atoms with van der Waals surface area (Å²) in [6.45, 7) is 1.60. The molecule has 0 fully saturated rings. The molecule has 2 aromatic rings. The molecular formula is C22H23NO3. The quantitative estimate of drug-likeness (QED) is 0.659. The fourth-order valence-electron chi connectivity index (χ4n) is 3.19. The van der Waals surface area contributed by atoms with Crippen LogP contribution >= 0.6 is 0 Å². The smallest absolute Gasteiger partial charge is 0.331 e. The zero-order valence-corrected chi connectivity index (χ0v) is 14.9. The lowest BCUT2D eigenvalue weighted by Crippen LogP contribution is -2.39. The van der Waals surface area contributed by atoms with Crippen LogP contribution < -0.4 is 5.32 Å². The average Bonchev–Trinajstić information content (AvgIpc) is 2.67. The molecule has 1 aliphatic rings. The number of esters is 1. The number of hydrogen-bond donors (Lipinski definition) is 1. The van der Waals surface area contributed by atoms with E-state index in [0.29, 0.717) is 0 Å². The zero-order chi connectivity index (χ0) is 18.4. The van der Waals surface area contributed by atoms with Gasteiger partial charge in [0, 0.05) is 6.08 Å². The van der Waals surface area contributed by atoms with Gasteiger partial charge in [-0.3, -0.25) is 4.79 Å². The van der Waals surface area contributed by atoms with E-state index in [9.17, 15) is 9.59 Å². The molecule has 1 aliphatic carbocycles. The number of aryl methyl sites for hydroxylation is 1. The summed E-state index contributed by atoms with van der Waals surface area (Å²) in [6, 6.07) is 17.6. The number of carbonyl (C=O) groups is 2. The van der Waals surface area contributed by atoms with E-state index in [1.54, 1.807) is 13.0 Å². The summed E-state index contributed by atoms with van der Waals surface area (Å²) >= 11 is 0. The van der Waals surface area contributed by atoms with Gasteiger partial charge in [-0.1, -0.05) is 54.6 Å². The Labute approximate surface area is 153 Å². The lowest BCUT2D eigenvalue weighted by molar-refractivity contribution is -0.150. The van der Waals surface area contributed by atoms with Gasteiger partial charge in [-0.25, -0.2) is 4.79 Å². The van der Waals surface area contributed by atoms with Crippen LogP contribution in [-0.4, -0.2) is 18.0 Å². The molecule has 4 nitrogen and oxygen atoms in total. The topological polar surface area (TPSA) is 55.4 Å². The first kappa shape index (κ1) is 17.9. The maximum absolute atomic E-state index is 12.4.